The van der Waals surface area contributed by atoms with Gasteiger partial charge in [0.05, 0.1) is 5.56 Å². The van der Waals surface area contributed by atoms with Crippen molar-refractivity contribution in [1.82, 2.24) is 0 Å². The Balaban J connectivity index is 2.06. The Morgan fingerprint density at radius 1 is 1.06 bits per heavy atom. The van der Waals surface area contributed by atoms with Crippen LogP contribution in [0, 0.1) is 6.07 Å². The Morgan fingerprint density at radius 2 is 1.89 bits per heavy atom. The monoisotopic (exact) mass is 251 g/mol. The second kappa shape index (κ2) is 5.12. The van der Waals surface area contributed by atoms with Gasteiger partial charge in [-0.1, -0.05) is 30.3 Å². The van der Waals surface area contributed by atoms with Crippen LogP contribution in [0.15, 0.2) is 48.5 Å². The third kappa shape index (κ3) is 3.26. The molecule has 0 fully saturated rings. The van der Waals surface area contributed by atoms with Crippen molar-refractivity contribution in [3.05, 3.63) is 65.7 Å². The van der Waals surface area contributed by atoms with E-state index in [4.69, 9.17) is 4.74 Å². The highest BCUT2D eigenvalue weighted by Crippen LogP contribution is 2.31. The van der Waals surface area contributed by atoms with Crippen molar-refractivity contribution in [2.45, 2.75) is 12.8 Å². The summed E-state index contributed by atoms with van der Waals surface area (Å²) in [5, 5.41) is 0. The van der Waals surface area contributed by atoms with Crippen LogP contribution in [0.4, 0.5) is 13.2 Å². The zero-order chi connectivity index (χ0) is 13.0. The van der Waals surface area contributed by atoms with E-state index in [9.17, 15) is 13.2 Å². The molecule has 1 nitrogen and oxygen atoms in total. The molecule has 0 aliphatic rings. The quantitative estimate of drug-likeness (QED) is 0.798. The second-order valence-corrected chi connectivity index (χ2v) is 3.70. The lowest BCUT2D eigenvalue weighted by atomic mass is 10.2. The first-order valence-corrected chi connectivity index (χ1v) is 5.31. The fourth-order valence-electron chi connectivity index (χ4n) is 1.44. The first-order valence-electron chi connectivity index (χ1n) is 5.31. The molecule has 0 saturated carbocycles. The summed E-state index contributed by atoms with van der Waals surface area (Å²) in [6.07, 6.45) is -4.35. The normalized spacial score (nSPS) is 11.3. The van der Waals surface area contributed by atoms with Gasteiger partial charge in [0, 0.05) is 0 Å². The minimum absolute atomic E-state index is 0.196. The summed E-state index contributed by atoms with van der Waals surface area (Å²) >= 11 is 0. The van der Waals surface area contributed by atoms with Crippen LogP contribution in [0.25, 0.3) is 0 Å². The number of hydrogen-bond acceptors (Lipinski definition) is 1. The first kappa shape index (κ1) is 12.5. The standard InChI is InChI=1S/C14H10F3O/c15-14(16,17)12-7-4-8-13(9-12)18-10-11-5-2-1-3-6-11/h1-5,7-9H,10H2. The molecule has 4 heteroatoms. The SMILES string of the molecule is FC(F)(F)c1cccc(OCc2[c]cccc2)c1. The van der Waals surface area contributed by atoms with Gasteiger partial charge in [-0.15, -0.1) is 0 Å². The highest BCUT2D eigenvalue weighted by atomic mass is 19.4. The maximum absolute atomic E-state index is 12.5. The van der Waals surface area contributed by atoms with E-state index < -0.39 is 11.7 Å². The van der Waals surface area contributed by atoms with E-state index >= 15 is 0 Å². The van der Waals surface area contributed by atoms with Crippen molar-refractivity contribution in [2.24, 2.45) is 0 Å². The van der Waals surface area contributed by atoms with E-state index in [1.54, 1.807) is 12.1 Å². The van der Waals surface area contributed by atoms with Crippen LogP contribution in [-0.4, -0.2) is 0 Å². The summed E-state index contributed by atoms with van der Waals surface area (Å²) in [5.41, 5.74) is 0.0759. The van der Waals surface area contributed by atoms with Crippen LogP contribution >= 0.6 is 0 Å². The number of ether oxygens (including phenoxy) is 1. The van der Waals surface area contributed by atoms with Gasteiger partial charge < -0.3 is 4.74 Å². The van der Waals surface area contributed by atoms with E-state index in [0.717, 1.165) is 17.7 Å². The Morgan fingerprint density at radius 3 is 2.56 bits per heavy atom. The number of benzene rings is 2. The van der Waals surface area contributed by atoms with Crippen LogP contribution < -0.4 is 4.74 Å². The third-order valence-corrected chi connectivity index (χ3v) is 2.33. The average Bonchev–Trinajstić information content (AvgIpc) is 2.37. The maximum atomic E-state index is 12.5. The first-order chi connectivity index (χ1) is 8.55. The molecule has 2 rings (SSSR count). The van der Waals surface area contributed by atoms with E-state index in [1.165, 1.54) is 12.1 Å². The molecule has 0 N–H and O–H groups in total. The molecule has 0 saturated heterocycles. The van der Waals surface area contributed by atoms with E-state index in [1.807, 2.05) is 12.1 Å². The van der Waals surface area contributed by atoms with E-state index in [0.29, 0.717) is 0 Å². The number of alkyl halides is 3. The van der Waals surface area contributed by atoms with Crippen LogP contribution in [0.2, 0.25) is 0 Å². The lowest BCUT2D eigenvalue weighted by Crippen LogP contribution is -2.05. The lowest BCUT2D eigenvalue weighted by Gasteiger charge is -2.10. The molecule has 0 heterocycles. The average molecular weight is 251 g/mol. The van der Waals surface area contributed by atoms with Crippen LogP contribution in [0.1, 0.15) is 11.1 Å². The Bertz CT molecular complexity index is 506. The molecule has 0 atom stereocenters. The predicted molar refractivity (Wildman–Crippen MR) is 61.1 cm³/mol. The molecular formula is C14H10F3O. The summed E-state index contributed by atoms with van der Waals surface area (Å²) in [5.74, 6) is 0.196. The molecule has 0 aliphatic heterocycles. The molecule has 0 bridgehead atoms. The van der Waals surface area contributed by atoms with Gasteiger partial charge in [0.1, 0.15) is 12.4 Å². The third-order valence-electron chi connectivity index (χ3n) is 2.33. The Labute approximate surface area is 103 Å². The molecule has 2 aromatic carbocycles. The van der Waals surface area contributed by atoms with Gasteiger partial charge in [-0.3, -0.25) is 0 Å². The number of hydrogen-bond donors (Lipinski definition) is 0. The molecule has 0 spiro atoms. The van der Waals surface area contributed by atoms with Gasteiger partial charge >= 0.3 is 6.18 Å². The van der Waals surface area contributed by atoms with Crippen molar-refractivity contribution in [2.75, 3.05) is 0 Å². The zero-order valence-electron chi connectivity index (χ0n) is 9.37. The molecule has 0 unspecified atom stereocenters. The zero-order valence-corrected chi connectivity index (χ0v) is 9.37. The Hall–Kier alpha value is -1.97. The predicted octanol–water partition coefficient (Wildman–Crippen LogP) is 4.08. The number of rotatable bonds is 3. The fourth-order valence-corrected chi connectivity index (χ4v) is 1.44. The molecule has 93 valence electrons. The summed E-state index contributed by atoms with van der Waals surface area (Å²) in [4.78, 5) is 0. The maximum Gasteiger partial charge on any atom is 0.416 e. The fraction of sp³-hybridized carbons (Fsp3) is 0.143. The van der Waals surface area contributed by atoms with Gasteiger partial charge in [-0.2, -0.15) is 13.2 Å². The van der Waals surface area contributed by atoms with Gasteiger partial charge in [-0.05, 0) is 29.8 Å². The highest BCUT2D eigenvalue weighted by Gasteiger charge is 2.30. The van der Waals surface area contributed by atoms with E-state index in [2.05, 4.69) is 6.07 Å². The van der Waals surface area contributed by atoms with Crippen molar-refractivity contribution in [3.63, 3.8) is 0 Å². The van der Waals surface area contributed by atoms with Gasteiger partial charge in [0.15, 0.2) is 0 Å². The smallest absolute Gasteiger partial charge is 0.416 e. The van der Waals surface area contributed by atoms with Crippen molar-refractivity contribution in [3.8, 4) is 5.75 Å². The molecule has 0 aromatic heterocycles. The van der Waals surface area contributed by atoms with E-state index in [-0.39, 0.29) is 12.4 Å². The lowest BCUT2D eigenvalue weighted by molar-refractivity contribution is -0.137. The highest BCUT2D eigenvalue weighted by molar-refractivity contribution is 5.30. The summed E-state index contributed by atoms with van der Waals surface area (Å²) in [6, 6.07) is 14.9. The second-order valence-electron chi connectivity index (χ2n) is 3.70. The molecule has 0 aliphatic carbocycles. The van der Waals surface area contributed by atoms with Crippen molar-refractivity contribution in [1.29, 1.82) is 0 Å². The topological polar surface area (TPSA) is 9.23 Å². The minimum Gasteiger partial charge on any atom is -0.489 e. The van der Waals surface area contributed by atoms with Crippen LogP contribution in [-0.2, 0) is 12.8 Å². The molecular weight excluding hydrogens is 241 g/mol. The molecule has 0 amide bonds. The summed E-state index contributed by atoms with van der Waals surface area (Å²) < 4.78 is 42.7. The van der Waals surface area contributed by atoms with Gasteiger partial charge in [0.2, 0.25) is 0 Å². The van der Waals surface area contributed by atoms with Gasteiger partial charge in [-0.25, -0.2) is 0 Å². The molecule has 1 radical (unpaired) electrons. The largest absolute Gasteiger partial charge is 0.489 e. The summed E-state index contributed by atoms with van der Waals surface area (Å²) in [6.45, 7) is 0.197. The minimum atomic E-state index is -4.35. The number of halogens is 3. The van der Waals surface area contributed by atoms with Crippen molar-refractivity contribution >= 4 is 0 Å². The van der Waals surface area contributed by atoms with Gasteiger partial charge in [0.25, 0.3) is 0 Å². The molecule has 2 aromatic rings. The molecule has 18 heavy (non-hydrogen) atoms. The summed E-state index contributed by atoms with van der Waals surface area (Å²) in [7, 11) is 0. The van der Waals surface area contributed by atoms with Crippen molar-refractivity contribution < 1.29 is 17.9 Å². The van der Waals surface area contributed by atoms with Crippen LogP contribution in [0.3, 0.4) is 0 Å². The Kier molecular flexibility index (Phi) is 3.55. The van der Waals surface area contributed by atoms with Crippen LogP contribution in [0.5, 0.6) is 5.75 Å².